The summed E-state index contributed by atoms with van der Waals surface area (Å²) < 4.78 is 0. The molecule has 3 aliphatic carbocycles. The monoisotopic (exact) mass is 350 g/mol. The van der Waals surface area contributed by atoms with E-state index in [1.807, 2.05) is 0 Å². The van der Waals surface area contributed by atoms with Gasteiger partial charge >= 0.3 is 0 Å². The number of fused-ring (bicyclic) bond motifs is 1. The molecule has 2 N–H and O–H groups in total. The molecule has 2 aliphatic heterocycles. The number of carbonyl (C=O) groups excluding carboxylic acids is 1. The lowest BCUT2D eigenvalue weighted by atomic mass is 9.83. The van der Waals surface area contributed by atoms with Crippen molar-refractivity contribution in [3.05, 3.63) is 35.5 Å². The molecule has 4 nitrogen and oxygen atoms in total. The van der Waals surface area contributed by atoms with Crippen molar-refractivity contribution in [2.75, 3.05) is 0 Å². The van der Waals surface area contributed by atoms with Crippen LogP contribution in [-0.4, -0.2) is 38.6 Å². The molecule has 0 radical (unpaired) electrons. The first-order valence-electron chi connectivity index (χ1n) is 10.2. The quantitative estimate of drug-likeness (QED) is 0.887. The molecule has 7 rings (SSSR count). The molecule has 3 heterocycles. The molecule has 136 valence electrons. The van der Waals surface area contributed by atoms with Crippen molar-refractivity contribution in [3.63, 3.8) is 0 Å². The molecule has 4 bridgehead atoms. The number of aliphatic hydroxyl groups is 1. The molecule has 3 saturated carbocycles. The lowest BCUT2D eigenvalue weighted by molar-refractivity contribution is -0.138. The first-order chi connectivity index (χ1) is 12.6. The third kappa shape index (κ3) is 2.14. The van der Waals surface area contributed by atoms with Crippen LogP contribution in [0.4, 0.5) is 0 Å². The van der Waals surface area contributed by atoms with Gasteiger partial charge in [-0.15, -0.1) is 0 Å². The second kappa shape index (κ2) is 5.13. The highest BCUT2D eigenvalue weighted by Gasteiger charge is 2.60. The number of amides is 1. The van der Waals surface area contributed by atoms with Gasteiger partial charge in [0.05, 0.1) is 5.60 Å². The highest BCUT2D eigenvalue weighted by molar-refractivity contribution is 5.88. The summed E-state index contributed by atoms with van der Waals surface area (Å²) in [5.74, 6) is 1.55. The summed E-state index contributed by atoms with van der Waals surface area (Å²) in [5.41, 5.74) is 3.50. The molecule has 26 heavy (non-hydrogen) atoms. The standard InChI is InChI=1S/C22H26N2O2/c25-20(24-16-8-15-9-22(26,10-16)11-19(15)24)7-6-14-12-23-18-3-1-2-17(21(14)18)13-4-5-13/h1-3,12-13,15-16,19,23,26H,4-11H2. The summed E-state index contributed by atoms with van der Waals surface area (Å²) >= 11 is 0. The minimum Gasteiger partial charge on any atom is -0.390 e. The van der Waals surface area contributed by atoms with Gasteiger partial charge in [0.25, 0.3) is 0 Å². The molecule has 1 aromatic heterocycles. The Morgan fingerprint density at radius 1 is 1.27 bits per heavy atom. The highest BCUT2D eigenvalue weighted by atomic mass is 16.3. The lowest BCUT2D eigenvalue weighted by Crippen LogP contribution is -2.50. The summed E-state index contributed by atoms with van der Waals surface area (Å²) in [6.45, 7) is 0. The van der Waals surface area contributed by atoms with E-state index in [9.17, 15) is 9.90 Å². The number of nitrogens with one attached hydrogen (secondary N) is 1. The molecule has 4 atom stereocenters. The molecule has 4 heteroatoms. The molecule has 2 aromatic rings. The minimum absolute atomic E-state index is 0.287. The molecular formula is C22H26N2O2. The Morgan fingerprint density at radius 2 is 2.15 bits per heavy atom. The average molecular weight is 350 g/mol. The Bertz CT molecular complexity index is 895. The average Bonchev–Trinajstić information content (AvgIpc) is 3.27. The van der Waals surface area contributed by atoms with Gasteiger partial charge in [-0.1, -0.05) is 12.1 Å². The lowest BCUT2D eigenvalue weighted by Gasteiger charge is -2.40. The van der Waals surface area contributed by atoms with Gasteiger partial charge in [-0.25, -0.2) is 0 Å². The first-order valence-corrected chi connectivity index (χ1v) is 10.2. The van der Waals surface area contributed by atoms with Gasteiger partial charge < -0.3 is 15.0 Å². The smallest absolute Gasteiger partial charge is 0.223 e. The minimum atomic E-state index is -0.467. The molecular weight excluding hydrogens is 324 g/mol. The third-order valence-corrected chi connectivity index (χ3v) is 7.45. The number of H-pyrrole nitrogens is 1. The summed E-state index contributed by atoms with van der Waals surface area (Å²) in [6.07, 6.45) is 9.71. The van der Waals surface area contributed by atoms with Crippen LogP contribution in [0.3, 0.4) is 0 Å². The topological polar surface area (TPSA) is 56.3 Å². The second-order valence-corrected chi connectivity index (χ2v) is 9.21. The molecule has 5 fully saturated rings. The molecule has 5 aliphatic rings. The summed E-state index contributed by atoms with van der Waals surface area (Å²) in [7, 11) is 0. The predicted octanol–water partition coefficient (Wildman–Crippen LogP) is 3.49. The highest BCUT2D eigenvalue weighted by Crippen LogP contribution is 2.55. The Kier molecular flexibility index (Phi) is 3.01. The summed E-state index contributed by atoms with van der Waals surface area (Å²) in [5, 5.41) is 11.9. The van der Waals surface area contributed by atoms with Crippen molar-refractivity contribution in [2.45, 2.75) is 75.0 Å². The SMILES string of the molecule is O=C(CCc1c[nH]c2cccc(C3CC3)c12)N1C2CC3CC(O)(C2)CC31. The van der Waals surface area contributed by atoms with Crippen LogP contribution in [0.1, 0.15) is 62.0 Å². The largest absolute Gasteiger partial charge is 0.390 e. The molecule has 1 amide bonds. The molecule has 1 aromatic carbocycles. The van der Waals surface area contributed by atoms with E-state index < -0.39 is 5.60 Å². The van der Waals surface area contributed by atoms with Crippen molar-refractivity contribution in [1.29, 1.82) is 0 Å². The van der Waals surface area contributed by atoms with Crippen LogP contribution in [0.15, 0.2) is 24.4 Å². The van der Waals surface area contributed by atoms with Gasteiger partial charge in [0.15, 0.2) is 0 Å². The van der Waals surface area contributed by atoms with Crippen molar-refractivity contribution in [2.24, 2.45) is 5.92 Å². The molecule has 4 unspecified atom stereocenters. The van der Waals surface area contributed by atoms with E-state index in [1.54, 1.807) is 0 Å². The van der Waals surface area contributed by atoms with E-state index in [0.29, 0.717) is 24.3 Å². The van der Waals surface area contributed by atoms with E-state index in [-0.39, 0.29) is 6.04 Å². The van der Waals surface area contributed by atoms with E-state index in [1.165, 1.54) is 34.9 Å². The van der Waals surface area contributed by atoms with Crippen LogP contribution in [0, 0.1) is 5.92 Å². The number of piperidine rings is 1. The van der Waals surface area contributed by atoms with E-state index in [0.717, 1.165) is 38.0 Å². The van der Waals surface area contributed by atoms with E-state index in [4.69, 9.17) is 0 Å². The number of hydrogen-bond donors (Lipinski definition) is 2. The Morgan fingerprint density at radius 3 is 2.96 bits per heavy atom. The van der Waals surface area contributed by atoms with Crippen LogP contribution in [0.5, 0.6) is 0 Å². The zero-order chi connectivity index (χ0) is 17.5. The van der Waals surface area contributed by atoms with Crippen LogP contribution in [0.25, 0.3) is 10.9 Å². The van der Waals surface area contributed by atoms with Crippen molar-refractivity contribution in [1.82, 2.24) is 9.88 Å². The fourth-order valence-electron chi connectivity index (χ4n) is 6.33. The van der Waals surface area contributed by atoms with Gasteiger partial charge in [0.1, 0.15) is 0 Å². The Balaban J connectivity index is 1.22. The predicted molar refractivity (Wildman–Crippen MR) is 99.9 cm³/mol. The Hall–Kier alpha value is -1.81. The number of nitrogens with zero attached hydrogens (tertiary/aromatic N) is 1. The van der Waals surface area contributed by atoms with Crippen molar-refractivity contribution in [3.8, 4) is 0 Å². The maximum atomic E-state index is 13.0. The number of benzene rings is 1. The number of rotatable bonds is 4. The van der Waals surface area contributed by atoms with E-state index in [2.05, 4.69) is 34.3 Å². The van der Waals surface area contributed by atoms with Crippen LogP contribution in [-0.2, 0) is 11.2 Å². The van der Waals surface area contributed by atoms with Crippen molar-refractivity contribution >= 4 is 16.8 Å². The number of hydrogen-bond acceptors (Lipinski definition) is 2. The molecule has 2 saturated heterocycles. The van der Waals surface area contributed by atoms with Gasteiger partial charge in [-0.05, 0) is 74.0 Å². The van der Waals surface area contributed by atoms with Gasteiger partial charge in [0.2, 0.25) is 5.91 Å². The van der Waals surface area contributed by atoms with Gasteiger partial charge in [-0.2, -0.15) is 0 Å². The van der Waals surface area contributed by atoms with Gasteiger partial charge in [-0.3, -0.25) is 4.79 Å². The van der Waals surface area contributed by atoms with Crippen LogP contribution < -0.4 is 0 Å². The maximum Gasteiger partial charge on any atom is 0.223 e. The number of aromatic nitrogens is 1. The van der Waals surface area contributed by atoms with Crippen LogP contribution >= 0.6 is 0 Å². The fourth-order valence-corrected chi connectivity index (χ4v) is 6.33. The Labute approximate surface area is 153 Å². The summed E-state index contributed by atoms with van der Waals surface area (Å²) in [4.78, 5) is 18.6. The number of carbonyl (C=O) groups is 1. The first kappa shape index (κ1) is 15.3. The third-order valence-electron chi connectivity index (χ3n) is 7.45. The van der Waals surface area contributed by atoms with Crippen LogP contribution in [0.2, 0.25) is 0 Å². The second-order valence-electron chi connectivity index (χ2n) is 9.21. The number of aryl methyl sites for hydroxylation is 1. The number of aromatic amines is 1. The summed E-state index contributed by atoms with van der Waals surface area (Å²) in [6, 6.07) is 7.14. The normalized spacial score (nSPS) is 35.0. The zero-order valence-corrected chi connectivity index (χ0v) is 15.1. The fraction of sp³-hybridized carbons (Fsp3) is 0.591. The van der Waals surface area contributed by atoms with E-state index >= 15 is 0 Å². The maximum absolute atomic E-state index is 13.0. The molecule has 0 spiro atoms. The van der Waals surface area contributed by atoms with Gasteiger partial charge in [0, 0.05) is 35.6 Å². The van der Waals surface area contributed by atoms with Crippen molar-refractivity contribution < 1.29 is 9.90 Å². The zero-order valence-electron chi connectivity index (χ0n) is 15.1.